The summed E-state index contributed by atoms with van der Waals surface area (Å²) in [6, 6.07) is 22.3. The Kier molecular flexibility index (Phi) is 17.2. The van der Waals surface area contributed by atoms with Gasteiger partial charge in [-0.3, -0.25) is 14.4 Å². The van der Waals surface area contributed by atoms with Gasteiger partial charge >= 0.3 is 0 Å². The number of nitrogens with zero attached hydrogens (tertiary/aromatic N) is 6. The number of hydrazone groups is 1. The predicted octanol–water partition coefficient (Wildman–Crippen LogP) is 14.2. The molecule has 4 aromatic rings. The molecule has 0 aromatic heterocycles. The first kappa shape index (κ1) is 45.5. The summed E-state index contributed by atoms with van der Waals surface area (Å²) in [5.41, 5.74) is 2.02. The number of fused-ring (bicyclic) bond motifs is 1. The van der Waals surface area contributed by atoms with Crippen molar-refractivity contribution in [1.82, 2.24) is 5.01 Å². The number of imide groups is 1. The van der Waals surface area contributed by atoms with Gasteiger partial charge in [-0.1, -0.05) is 187 Å². The van der Waals surface area contributed by atoms with Crippen LogP contribution in [0.25, 0.3) is 10.8 Å². The van der Waals surface area contributed by atoms with E-state index in [1.807, 2.05) is 54.6 Å². The molecule has 6 rings (SSSR count). The molecular weight excluding hydrogens is 838 g/mol. The quantitative estimate of drug-likeness (QED) is 0.0340. The van der Waals surface area contributed by atoms with Crippen molar-refractivity contribution >= 4 is 97.8 Å². The van der Waals surface area contributed by atoms with Gasteiger partial charge in [-0.05, 0) is 54.1 Å². The number of benzene rings is 4. The van der Waals surface area contributed by atoms with Crippen LogP contribution in [0.4, 0.5) is 17.1 Å². The van der Waals surface area contributed by atoms with Gasteiger partial charge in [0.25, 0.3) is 17.7 Å². The number of carbonyl (C=O) groups is 3. The average Bonchev–Trinajstić information content (AvgIpc) is 3.68. The van der Waals surface area contributed by atoms with Crippen LogP contribution in [-0.4, -0.2) is 40.0 Å². The topological polar surface area (TPSA) is 98.0 Å². The van der Waals surface area contributed by atoms with Crippen LogP contribution in [0.5, 0.6) is 0 Å². The maximum absolute atomic E-state index is 14.5. The number of amides is 3. The minimum Gasteiger partial charge on any atom is -0.272 e. The number of hydrogen-bond acceptors (Lipinski definition) is 7. The smallest absolute Gasteiger partial charge is 0.272 e. The molecule has 0 saturated carbocycles. The summed E-state index contributed by atoms with van der Waals surface area (Å²) in [7, 11) is 0. The number of anilines is 2. The third-order valence-corrected chi connectivity index (χ3v) is 12.2. The molecule has 0 radical (unpaired) electrons. The van der Waals surface area contributed by atoms with E-state index in [1.165, 1.54) is 107 Å². The monoisotopic (exact) mass is 890 g/mol. The molecule has 0 bridgehead atoms. The van der Waals surface area contributed by atoms with Crippen LogP contribution in [0, 0.1) is 0 Å². The summed E-state index contributed by atoms with van der Waals surface area (Å²) in [5.74, 6) is -1.91. The minimum atomic E-state index is -1.43. The molecule has 3 amide bonds. The second kappa shape index (κ2) is 22.7. The molecule has 0 spiro atoms. The van der Waals surface area contributed by atoms with E-state index in [2.05, 4.69) is 17.2 Å². The minimum absolute atomic E-state index is 0.0573. The first-order valence-electron chi connectivity index (χ1n) is 21.5. The van der Waals surface area contributed by atoms with Crippen LogP contribution >= 0.6 is 46.4 Å². The summed E-state index contributed by atoms with van der Waals surface area (Å²) in [4.78, 5) is 41.8. The third-order valence-electron chi connectivity index (χ3n) is 11.1. The lowest BCUT2D eigenvalue weighted by molar-refractivity contribution is -0.138. The number of hydrazine groups is 1. The number of aryl methyl sites for hydroxylation is 1. The lowest BCUT2D eigenvalue weighted by Gasteiger charge is -2.32. The molecular formula is C47H54Cl4N6O3. The highest BCUT2D eigenvalue weighted by Gasteiger charge is 2.49. The highest BCUT2D eigenvalue weighted by atomic mass is 35.5. The van der Waals surface area contributed by atoms with E-state index in [1.54, 1.807) is 12.1 Å². The SMILES string of the molecule is CCCCCCCCCCCCCCCCCCc1cccc(N(C2=NN(c3c(Cl)cc(Cl)cc3Cl)C(=O)C2N=Nc2cccc3ccccc23)N2C(=O)CC(Cl)C2=O)c1. The van der Waals surface area contributed by atoms with Gasteiger partial charge in [0.2, 0.25) is 6.04 Å². The van der Waals surface area contributed by atoms with Crippen LogP contribution in [-0.2, 0) is 20.8 Å². The average molecular weight is 893 g/mol. The van der Waals surface area contributed by atoms with Crippen molar-refractivity contribution in [2.45, 2.75) is 134 Å². The number of azo groups is 1. The molecule has 1 fully saturated rings. The van der Waals surface area contributed by atoms with Gasteiger partial charge in [-0.2, -0.15) is 20.2 Å². The maximum Gasteiger partial charge on any atom is 0.282 e. The number of rotatable bonds is 22. The fraction of sp³-hybridized carbons (Fsp3) is 0.447. The van der Waals surface area contributed by atoms with E-state index in [-0.39, 0.29) is 33.0 Å². The Hall–Kier alpha value is -4.02. The second-order valence-corrected chi connectivity index (χ2v) is 17.5. The molecule has 9 nitrogen and oxygen atoms in total. The summed E-state index contributed by atoms with van der Waals surface area (Å²) in [6.45, 7) is 2.27. The number of alkyl halides is 1. The fourth-order valence-corrected chi connectivity index (χ4v) is 9.07. The van der Waals surface area contributed by atoms with E-state index in [4.69, 9.17) is 51.5 Å². The van der Waals surface area contributed by atoms with E-state index in [9.17, 15) is 14.4 Å². The van der Waals surface area contributed by atoms with Crippen molar-refractivity contribution in [3.63, 3.8) is 0 Å². The molecule has 4 aromatic carbocycles. The van der Waals surface area contributed by atoms with Gasteiger partial charge in [-0.25, -0.2) is 5.01 Å². The van der Waals surface area contributed by atoms with Gasteiger partial charge in [0.1, 0.15) is 11.1 Å². The van der Waals surface area contributed by atoms with Crippen molar-refractivity contribution < 1.29 is 14.4 Å². The second-order valence-electron chi connectivity index (χ2n) is 15.7. The van der Waals surface area contributed by atoms with Crippen molar-refractivity contribution in [3.05, 3.63) is 99.5 Å². The van der Waals surface area contributed by atoms with Crippen LogP contribution in [0.15, 0.2) is 94.2 Å². The highest BCUT2D eigenvalue weighted by Crippen LogP contribution is 2.40. The standard InChI is InChI=1S/C47H54Cl4N6O3/c1-2-3-4-5-6-7-8-9-10-11-12-13-14-15-16-17-22-33-23-20-26-36(29-33)56(57-42(58)32-40(51)46(57)59)45-43(53-52-41-28-21-25-34-24-18-19-27-37(34)41)47(60)55(54-45)44-38(49)30-35(48)31-39(44)50/h18-21,23-31,40,43H,2-17,22,32H2,1H3. The number of carbonyl (C=O) groups excluding carboxylic acids is 3. The normalized spacial score (nSPS) is 16.9. The Labute approximate surface area is 374 Å². The van der Waals surface area contributed by atoms with Gasteiger partial charge in [0, 0.05) is 10.4 Å². The Morgan fingerprint density at radius 3 is 1.90 bits per heavy atom. The molecule has 318 valence electrons. The van der Waals surface area contributed by atoms with Crippen LogP contribution in [0.1, 0.15) is 122 Å². The van der Waals surface area contributed by atoms with Crippen molar-refractivity contribution in [3.8, 4) is 0 Å². The molecule has 13 heteroatoms. The molecule has 0 N–H and O–H groups in total. The largest absolute Gasteiger partial charge is 0.282 e. The molecule has 1 saturated heterocycles. The van der Waals surface area contributed by atoms with Crippen molar-refractivity contribution in [2.24, 2.45) is 15.3 Å². The number of unbranched alkanes of at least 4 members (excludes halogenated alkanes) is 15. The first-order chi connectivity index (χ1) is 29.2. The number of amidine groups is 1. The molecule has 2 aliphatic rings. The predicted molar refractivity (Wildman–Crippen MR) is 247 cm³/mol. The van der Waals surface area contributed by atoms with Crippen molar-refractivity contribution in [2.75, 3.05) is 10.0 Å². The zero-order valence-corrected chi connectivity index (χ0v) is 37.3. The van der Waals surface area contributed by atoms with E-state index in [0.717, 1.165) is 45.6 Å². The fourth-order valence-electron chi connectivity index (χ4n) is 7.87. The summed E-state index contributed by atoms with van der Waals surface area (Å²) in [6.07, 6.45) is 21.2. The maximum atomic E-state index is 14.5. The highest BCUT2D eigenvalue weighted by molar-refractivity contribution is 6.43. The summed E-state index contributed by atoms with van der Waals surface area (Å²) in [5, 5.41) is 18.2. The lowest BCUT2D eigenvalue weighted by atomic mass is 10.0. The Morgan fingerprint density at radius 2 is 1.28 bits per heavy atom. The van der Waals surface area contributed by atoms with Crippen molar-refractivity contribution in [1.29, 1.82) is 0 Å². The van der Waals surface area contributed by atoms with Gasteiger partial charge in [0.15, 0.2) is 5.84 Å². The zero-order valence-electron chi connectivity index (χ0n) is 34.3. The van der Waals surface area contributed by atoms with E-state index in [0.29, 0.717) is 11.4 Å². The Bertz CT molecular complexity index is 2150. The Morgan fingerprint density at radius 1 is 0.700 bits per heavy atom. The number of hydrogen-bond donors (Lipinski definition) is 0. The van der Waals surface area contributed by atoms with Crippen LogP contribution in [0.3, 0.4) is 0 Å². The molecule has 2 atom stereocenters. The summed E-state index contributed by atoms with van der Waals surface area (Å²) < 4.78 is 0. The lowest BCUT2D eigenvalue weighted by Crippen LogP contribution is -2.53. The molecule has 2 unspecified atom stereocenters. The Balaban J connectivity index is 1.18. The molecule has 0 aliphatic carbocycles. The molecule has 60 heavy (non-hydrogen) atoms. The van der Waals surface area contributed by atoms with E-state index >= 15 is 0 Å². The van der Waals surface area contributed by atoms with Gasteiger partial charge < -0.3 is 0 Å². The zero-order chi connectivity index (χ0) is 42.4. The van der Waals surface area contributed by atoms with Crippen LogP contribution in [0.2, 0.25) is 15.1 Å². The number of halogens is 4. The molecule has 2 heterocycles. The van der Waals surface area contributed by atoms with Crippen LogP contribution < -0.4 is 10.0 Å². The van der Waals surface area contributed by atoms with Gasteiger partial charge in [0.05, 0.1) is 27.8 Å². The first-order valence-corrected chi connectivity index (χ1v) is 23.1. The summed E-state index contributed by atoms with van der Waals surface area (Å²) >= 11 is 25.9. The van der Waals surface area contributed by atoms with E-state index < -0.39 is 29.1 Å². The third kappa shape index (κ3) is 11.7. The molecule has 2 aliphatic heterocycles. The van der Waals surface area contributed by atoms with Gasteiger partial charge in [-0.15, -0.1) is 16.7 Å².